The van der Waals surface area contributed by atoms with Crippen LogP contribution in [0, 0.1) is 17.5 Å². The first-order valence-corrected chi connectivity index (χ1v) is 8.52. The van der Waals surface area contributed by atoms with Gasteiger partial charge in [-0.2, -0.15) is 0 Å². The molecule has 0 spiro atoms. The average molecular weight is 370 g/mol. The van der Waals surface area contributed by atoms with E-state index in [2.05, 4.69) is 0 Å². The smallest absolute Gasteiger partial charge is 0.335 e. The van der Waals surface area contributed by atoms with Gasteiger partial charge in [-0.25, -0.2) is 18.0 Å². The number of rotatable bonds is 5. The van der Waals surface area contributed by atoms with E-state index in [0.717, 1.165) is 30.5 Å². The van der Waals surface area contributed by atoms with Gasteiger partial charge < -0.3 is 5.11 Å². The van der Waals surface area contributed by atoms with Crippen molar-refractivity contribution in [1.29, 1.82) is 0 Å². The maximum absolute atomic E-state index is 13.8. The second-order valence-electron chi connectivity index (χ2n) is 6.27. The Morgan fingerprint density at radius 2 is 1.48 bits per heavy atom. The molecule has 0 aliphatic rings. The highest BCUT2D eigenvalue weighted by Gasteiger charge is 2.15. The lowest BCUT2D eigenvalue weighted by Crippen LogP contribution is -1.97. The Morgan fingerprint density at radius 1 is 0.852 bits per heavy atom. The number of hydrogen-bond acceptors (Lipinski definition) is 1. The molecular weight excluding hydrogens is 353 g/mol. The van der Waals surface area contributed by atoms with Crippen LogP contribution in [0.15, 0.2) is 54.6 Å². The van der Waals surface area contributed by atoms with Crippen molar-refractivity contribution < 1.29 is 23.1 Å². The number of carboxylic acid groups (broad SMARTS) is 1. The van der Waals surface area contributed by atoms with Crippen LogP contribution >= 0.6 is 0 Å². The summed E-state index contributed by atoms with van der Waals surface area (Å²) < 4.78 is 40.9. The van der Waals surface area contributed by atoms with Gasteiger partial charge in [-0.3, -0.25) is 0 Å². The SMILES string of the molecule is CCCc1ccc(-c2ccc(C(=O)O)cc2)c(-c2cc(F)c(F)c(F)c2)c1. The van der Waals surface area contributed by atoms with Gasteiger partial charge in [0.05, 0.1) is 5.56 Å². The molecule has 0 bridgehead atoms. The van der Waals surface area contributed by atoms with Gasteiger partial charge in [-0.15, -0.1) is 0 Å². The maximum Gasteiger partial charge on any atom is 0.335 e. The van der Waals surface area contributed by atoms with Crippen LogP contribution < -0.4 is 0 Å². The molecule has 27 heavy (non-hydrogen) atoms. The molecule has 0 saturated heterocycles. The van der Waals surface area contributed by atoms with E-state index in [1.54, 1.807) is 12.1 Å². The largest absolute Gasteiger partial charge is 0.478 e. The Morgan fingerprint density at radius 3 is 2.04 bits per heavy atom. The van der Waals surface area contributed by atoms with E-state index in [4.69, 9.17) is 5.11 Å². The normalized spacial score (nSPS) is 10.8. The van der Waals surface area contributed by atoms with Gasteiger partial charge in [0.15, 0.2) is 17.5 Å². The fourth-order valence-electron chi connectivity index (χ4n) is 3.03. The van der Waals surface area contributed by atoms with Crippen molar-refractivity contribution in [3.63, 3.8) is 0 Å². The summed E-state index contributed by atoms with van der Waals surface area (Å²) in [5.74, 6) is -5.05. The molecular formula is C22H17F3O2. The second-order valence-corrected chi connectivity index (χ2v) is 6.27. The monoisotopic (exact) mass is 370 g/mol. The summed E-state index contributed by atoms with van der Waals surface area (Å²) in [7, 11) is 0. The van der Waals surface area contributed by atoms with Crippen LogP contribution in [0.2, 0.25) is 0 Å². The molecule has 0 heterocycles. The zero-order chi connectivity index (χ0) is 19.6. The molecule has 0 radical (unpaired) electrons. The standard InChI is InChI=1S/C22H17F3O2/c1-2-3-13-4-9-17(14-5-7-15(8-6-14)22(26)27)18(10-13)16-11-19(23)21(25)20(24)12-16/h4-12H,2-3H2,1H3,(H,26,27). The number of aromatic carboxylic acids is 1. The van der Waals surface area contributed by atoms with Crippen LogP contribution in [0.4, 0.5) is 13.2 Å². The lowest BCUT2D eigenvalue weighted by atomic mass is 9.91. The summed E-state index contributed by atoms with van der Waals surface area (Å²) in [5, 5.41) is 9.04. The second kappa shape index (κ2) is 7.66. The van der Waals surface area contributed by atoms with Gasteiger partial charge >= 0.3 is 5.97 Å². The van der Waals surface area contributed by atoms with E-state index >= 15 is 0 Å². The number of aryl methyl sites for hydroxylation is 1. The van der Waals surface area contributed by atoms with Crippen molar-refractivity contribution in [2.45, 2.75) is 19.8 Å². The minimum atomic E-state index is -1.50. The highest BCUT2D eigenvalue weighted by molar-refractivity contribution is 5.89. The van der Waals surface area contributed by atoms with E-state index in [0.29, 0.717) is 16.7 Å². The first-order chi connectivity index (χ1) is 12.9. The van der Waals surface area contributed by atoms with E-state index < -0.39 is 23.4 Å². The Labute approximate surface area is 154 Å². The molecule has 3 rings (SSSR count). The van der Waals surface area contributed by atoms with Crippen LogP contribution in [0.5, 0.6) is 0 Å². The molecule has 3 aromatic rings. The van der Waals surface area contributed by atoms with Crippen molar-refractivity contribution in [2.24, 2.45) is 0 Å². The zero-order valence-electron chi connectivity index (χ0n) is 14.6. The van der Waals surface area contributed by atoms with Crippen LogP contribution in [0.3, 0.4) is 0 Å². The van der Waals surface area contributed by atoms with Crippen molar-refractivity contribution in [3.05, 3.63) is 83.2 Å². The van der Waals surface area contributed by atoms with Crippen LogP contribution in [0.25, 0.3) is 22.3 Å². The summed E-state index contributed by atoms with van der Waals surface area (Å²) in [5.41, 5.74) is 3.29. The number of carboxylic acids is 1. The van der Waals surface area contributed by atoms with Crippen LogP contribution in [-0.2, 0) is 6.42 Å². The highest BCUT2D eigenvalue weighted by atomic mass is 19.2. The third-order valence-corrected chi connectivity index (χ3v) is 4.36. The molecule has 0 unspecified atom stereocenters. The molecule has 0 amide bonds. The van der Waals surface area contributed by atoms with Crippen molar-refractivity contribution in [2.75, 3.05) is 0 Å². The number of halogens is 3. The predicted octanol–water partition coefficient (Wildman–Crippen LogP) is 6.09. The first kappa shape index (κ1) is 18.7. The number of carbonyl (C=O) groups is 1. The Bertz CT molecular complexity index is 972. The average Bonchev–Trinajstić information content (AvgIpc) is 2.66. The molecule has 0 aliphatic heterocycles. The molecule has 0 aromatic heterocycles. The van der Waals surface area contributed by atoms with Crippen molar-refractivity contribution >= 4 is 5.97 Å². The molecule has 0 aliphatic carbocycles. The van der Waals surface area contributed by atoms with E-state index in [1.165, 1.54) is 12.1 Å². The fourth-order valence-corrected chi connectivity index (χ4v) is 3.03. The molecule has 1 N–H and O–H groups in total. The van der Waals surface area contributed by atoms with Crippen molar-refractivity contribution in [3.8, 4) is 22.3 Å². The maximum atomic E-state index is 13.8. The van der Waals surface area contributed by atoms with Gasteiger partial charge in [0.1, 0.15) is 0 Å². The minimum Gasteiger partial charge on any atom is -0.478 e. The quantitative estimate of drug-likeness (QED) is 0.552. The number of benzene rings is 3. The van der Waals surface area contributed by atoms with Gasteiger partial charge in [0, 0.05) is 0 Å². The molecule has 5 heteroatoms. The van der Waals surface area contributed by atoms with Gasteiger partial charge in [0.2, 0.25) is 0 Å². The lowest BCUT2D eigenvalue weighted by molar-refractivity contribution is 0.0697. The summed E-state index contributed by atoms with van der Waals surface area (Å²) in [6.07, 6.45) is 1.69. The Balaban J connectivity index is 2.18. The highest BCUT2D eigenvalue weighted by Crippen LogP contribution is 2.35. The number of hydrogen-bond donors (Lipinski definition) is 1. The summed E-state index contributed by atoms with van der Waals surface area (Å²) in [6, 6.07) is 13.7. The first-order valence-electron chi connectivity index (χ1n) is 8.52. The third kappa shape index (κ3) is 3.87. The van der Waals surface area contributed by atoms with Crippen LogP contribution in [0.1, 0.15) is 29.3 Å². The Hall–Kier alpha value is -3.08. The lowest BCUT2D eigenvalue weighted by Gasteiger charge is -2.13. The predicted molar refractivity (Wildman–Crippen MR) is 98.1 cm³/mol. The molecule has 0 atom stereocenters. The van der Waals surface area contributed by atoms with Crippen LogP contribution in [-0.4, -0.2) is 11.1 Å². The Kier molecular flexibility index (Phi) is 5.31. The fraction of sp³-hybridized carbons (Fsp3) is 0.136. The van der Waals surface area contributed by atoms with Crippen molar-refractivity contribution in [1.82, 2.24) is 0 Å². The molecule has 2 nitrogen and oxygen atoms in total. The van der Waals surface area contributed by atoms with Gasteiger partial charge in [0.25, 0.3) is 0 Å². The summed E-state index contributed by atoms with van der Waals surface area (Å²) in [4.78, 5) is 11.0. The van der Waals surface area contributed by atoms with Gasteiger partial charge in [-0.05, 0) is 58.5 Å². The molecule has 0 fully saturated rings. The summed E-state index contributed by atoms with van der Waals surface area (Å²) >= 11 is 0. The van der Waals surface area contributed by atoms with Gasteiger partial charge in [-0.1, -0.05) is 43.7 Å². The minimum absolute atomic E-state index is 0.141. The molecule has 138 valence electrons. The van der Waals surface area contributed by atoms with E-state index in [-0.39, 0.29) is 11.1 Å². The third-order valence-electron chi connectivity index (χ3n) is 4.36. The van der Waals surface area contributed by atoms with E-state index in [1.807, 2.05) is 25.1 Å². The van der Waals surface area contributed by atoms with E-state index in [9.17, 15) is 18.0 Å². The molecule has 0 saturated carbocycles. The molecule has 3 aromatic carbocycles. The zero-order valence-corrected chi connectivity index (χ0v) is 14.6. The topological polar surface area (TPSA) is 37.3 Å². The summed E-state index contributed by atoms with van der Waals surface area (Å²) in [6.45, 7) is 2.02.